The highest BCUT2D eigenvalue weighted by atomic mass is 32.2. The van der Waals surface area contributed by atoms with Gasteiger partial charge in [0, 0.05) is 6.04 Å². The van der Waals surface area contributed by atoms with Gasteiger partial charge in [-0.2, -0.15) is 0 Å². The first-order chi connectivity index (χ1) is 9.57. The molecule has 0 saturated heterocycles. The summed E-state index contributed by atoms with van der Waals surface area (Å²) in [5.74, 6) is 0. The van der Waals surface area contributed by atoms with Crippen molar-refractivity contribution in [3.05, 3.63) is 66.2 Å². The maximum atomic E-state index is 12.7. The van der Waals surface area contributed by atoms with Gasteiger partial charge in [-0.3, -0.25) is 0 Å². The molecule has 0 amide bonds. The zero-order valence-corrected chi connectivity index (χ0v) is 12.5. The average molecular weight is 289 g/mol. The Kier molecular flexibility index (Phi) is 4.57. The minimum absolute atomic E-state index is 0.235. The molecule has 4 heteroatoms. The minimum atomic E-state index is -3.36. The topological polar surface area (TPSA) is 46.2 Å². The first kappa shape index (κ1) is 14.8. The van der Waals surface area contributed by atoms with Gasteiger partial charge in [0.2, 0.25) is 0 Å². The Bertz CT molecular complexity index is 639. The highest BCUT2D eigenvalue weighted by Gasteiger charge is 2.30. The summed E-state index contributed by atoms with van der Waals surface area (Å²) in [5.41, 5.74) is 0.974. The van der Waals surface area contributed by atoms with Gasteiger partial charge in [-0.1, -0.05) is 48.5 Å². The quantitative estimate of drug-likeness (QED) is 0.920. The van der Waals surface area contributed by atoms with Crippen LogP contribution in [0.2, 0.25) is 0 Å². The van der Waals surface area contributed by atoms with E-state index in [0.29, 0.717) is 4.90 Å². The van der Waals surface area contributed by atoms with Crippen molar-refractivity contribution in [2.45, 2.75) is 23.1 Å². The van der Waals surface area contributed by atoms with E-state index in [-0.39, 0.29) is 6.04 Å². The molecule has 0 saturated carbocycles. The number of hydrogen-bond donors (Lipinski definition) is 1. The largest absolute Gasteiger partial charge is 0.312 e. The molecule has 0 aromatic heterocycles. The van der Waals surface area contributed by atoms with Crippen molar-refractivity contribution in [3.8, 4) is 0 Å². The molecule has 0 aliphatic rings. The van der Waals surface area contributed by atoms with E-state index < -0.39 is 15.1 Å². The fourth-order valence-electron chi connectivity index (χ4n) is 2.34. The van der Waals surface area contributed by atoms with Crippen molar-refractivity contribution in [2.24, 2.45) is 0 Å². The molecule has 2 aromatic rings. The van der Waals surface area contributed by atoms with Crippen molar-refractivity contribution in [3.63, 3.8) is 0 Å². The Morgan fingerprint density at radius 2 is 1.40 bits per heavy atom. The molecule has 2 unspecified atom stereocenters. The van der Waals surface area contributed by atoms with Gasteiger partial charge in [-0.15, -0.1) is 0 Å². The van der Waals surface area contributed by atoms with Crippen molar-refractivity contribution < 1.29 is 8.42 Å². The zero-order chi connectivity index (χ0) is 14.6. The third kappa shape index (κ3) is 2.92. The van der Waals surface area contributed by atoms with Crippen molar-refractivity contribution in [2.75, 3.05) is 7.05 Å². The fraction of sp³-hybridized carbons (Fsp3) is 0.250. The zero-order valence-electron chi connectivity index (χ0n) is 11.7. The second-order valence-electron chi connectivity index (χ2n) is 4.74. The number of benzene rings is 2. The first-order valence-electron chi connectivity index (χ1n) is 6.58. The standard InChI is InChI=1S/C16H19NO2S/c1-13(16(17-2)14-9-5-3-6-10-14)20(18,19)15-11-7-4-8-12-15/h3-13,16-17H,1-2H3. The van der Waals surface area contributed by atoms with E-state index in [2.05, 4.69) is 5.32 Å². The molecule has 2 aromatic carbocycles. The van der Waals surface area contributed by atoms with Gasteiger partial charge in [-0.05, 0) is 31.7 Å². The Balaban J connectivity index is 2.36. The van der Waals surface area contributed by atoms with Crippen LogP contribution in [0.15, 0.2) is 65.6 Å². The molecule has 106 valence electrons. The van der Waals surface area contributed by atoms with Crippen molar-refractivity contribution >= 4 is 9.84 Å². The van der Waals surface area contributed by atoms with Gasteiger partial charge in [0.15, 0.2) is 9.84 Å². The molecule has 0 bridgehead atoms. The Morgan fingerprint density at radius 3 is 1.90 bits per heavy atom. The third-order valence-electron chi connectivity index (χ3n) is 3.50. The Labute approximate surface area is 120 Å². The molecule has 0 aliphatic carbocycles. The van der Waals surface area contributed by atoms with Gasteiger partial charge in [0.1, 0.15) is 0 Å². The smallest absolute Gasteiger partial charge is 0.182 e. The van der Waals surface area contributed by atoms with Gasteiger partial charge in [-0.25, -0.2) is 8.42 Å². The fourth-order valence-corrected chi connectivity index (χ4v) is 3.95. The molecular formula is C16H19NO2S. The summed E-state index contributed by atoms with van der Waals surface area (Å²) in [4.78, 5) is 0.365. The summed E-state index contributed by atoms with van der Waals surface area (Å²) in [6.45, 7) is 1.75. The van der Waals surface area contributed by atoms with E-state index in [0.717, 1.165) is 5.56 Å². The molecule has 20 heavy (non-hydrogen) atoms. The van der Waals surface area contributed by atoms with E-state index in [1.54, 1.807) is 38.2 Å². The van der Waals surface area contributed by atoms with Crippen LogP contribution in [0, 0.1) is 0 Å². The van der Waals surface area contributed by atoms with Gasteiger partial charge in [0.25, 0.3) is 0 Å². The second-order valence-corrected chi connectivity index (χ2v) is 7.05. The monoisotopic (exact) mass is 289 g/mol. The average Bonchev–Trinajstić information content (AvgIpc) is 2.50. The molecule has 2 rings (SSSR count). The van der Waals surface area contributed by atoms with Gasteiger partial charge in [0.05, 0.1) is 10.1 Å². The molecule has 1 N–H and O–H groups in total. The number of sulfone groups is 1. The normalized spacial score (nSPS) is 14.7. The lowest BCUT2D eigenvalue weighted by molar-refractivity contribution is 0.530. The summed E-state index contributed by atoms with van der Waals surface area (Å²) in [5, 5.41) is 2.57. The van der Waals surface area contributed by atoms with Crippen LogP contribution >= 0.6 is 0 Å². The van der Waals surface area contributed by atoms with Crippen molar-refractivity contribution in [1.29, 1.82) is 0 Å². The highest BCUT2D eigenvalue weighted by Crippen LogP contribution is 2.26. The summed E-state index contributed by atoms with van der Waals surface area (Å²) < 4.78 is 25.3. The number of nitrogens with one attached hydrogen (secondary N) is 1. The summed E-state index contributed by atoms with van der Waals surface area (Å²) in [7, 11) is -1.57. The van der Waals surface area contributed by atoms with Crippen LogP contribution in [0.1, 0.15) is 18.5 Å². The predicted octanol–water partition coefficient (Wildman–Crippen LogP) is 2.81. The van der Waals surface area contributed by atoms with Crippen LogP contribution < -0.4 is 5.32 Å². The third-order valence-corrected chi connectivity index (χ3v) is 5.68. The number of hydrogen-bond acceptors (Lipinski definition) is 3. The number of rotatable bonds is 5. The predicted molar refractivity (Wildman–Crippen MR) is 81.3 cm³/mol. The molecule has 3 nitrogen and oxygen atoms in total. The molecular weight excluding hydrogens is 270 g/mol. The Morgan fingerprint density at radius 1 is 0.900 bits per heavy atom. The molecule has 0 fully saturated rings. The Hall–Kier alpha value is -1.65. The summed E-state index contributed by atoms with van der Waals surface area (Å²) in [6, 6.07) is 18.0. The van der Waals surface area contributed by atoms with Crippen LogP contribution in [0.5, 0.6) is 0 Å². The van der Waals surface area contributed by atoms with E-state index in [4.69, 9.17) is 0 Å². The van der Waals surface area contributed by atoms with E-state index in [1.807, 2.05) is 36.4 Å². The summed E-state index contributed by atoms with van der Waals surface area (Å²) in [6.07, 6.45) is 0. The summed E-state index contributed by atoms with van der Waals surface area (Å²) >= 11 is 0. The molecule has 0 heterocycles. The van der Waals surface area contributed by atoms with E-state index >= 15 is 0 Å². The first-order valence-corrected chi connectivity index (χ1v) is 8.13. The van der Waals surface area contributed by atoms with Gasteiger partial charge >= 0.3 is 0 Å². The van der Waals surface area contributed by atoms with Crippen LogP contribution in [-0.2, 0) is 9.84 Å². The lowest BCUT2D eigenvalue weighted by atomic mass is 10.0. The van der Waals surface area contributed by atoms with Crippen LogP contribution in [0.4, 0.5) is 0 Å². The second kappa shape index (κ2) is 6.20. The molecule has 2 atom stereocenters. The molecule has 0 spiro atoms. The highest BCUT2D eigenvalue weighted by molar-refractivity contribution is 7.92. The lowest BCUT2D eigenvalue weighted by Gasteiger charge is -2.24. The maximum Gasteiger partial charge on any atom is 0.182 e. The SMILES string of the molecule is CNC(c1ccccc1)C(C)S(=O)(=O)c1ccccc1. The molecule has 0 radical (unpaired) electrons. The molecule has 0 aliphatic heterocycles. The van der Waals surface area contributed by atoms with Crippen LogP contribution in [0.3, 0.4) is 0 Å². The lowest BCUT2D eigenvalue weighted by Crippen LogP contribution is -2.33. The van der Waals surface area contributed by atoms with Crippen molar-refractivity contribution in [1.82, 2.24) is 5.32 Å². The minimum Gasteiger partial charge on any atom is -0.312 e. The van der Waals surface area contributed by atoms with E-state index in [9.17, 15) is 8.42 Å². The maximum absolute atomic E-state index is 12.7. The van der Waals surface area contributed by atoms with Crippen LogP contribution in [-0.4, -0.2) is 20.7 Å². The van der Waals surface area contributed by atoms with E-state index in [1.165, 1.54) is 0 Å². The van der Waals surface area contributed by atoms with Crippen LogP contribution in [0.25, 0.3) is 0 Å². The van der Waals surface area contributed by atoms with Gasteiger partial charge < -0.3 is 5.32 Å².